The minimum absolute atomic E-state index is 0.260. The third-order valence-corrected chi connectivity index (χ3v) is 3.83. The number of carbonyl (C=O) groups is 2. The van der Waals surface area contributed by atoms with Gasteiger partial charge in [-0.3, -0.25) is 4.79 Å². The molecule has 0 saturated carbocycles. The summed E-state index contributed by atoms with van der Waals surface area (Å²) in [4.78, 5) is 26.2. The first-order valence-corrected chi connectivity index (χ1v) is 7.81. The van der Waals surface area contributed by atoms with Crippen LogP contribution in [-0.4, -0.2) is 56.7 Å². The molecule has 2 aromatic heterocycles. The molecule has 0 atom stereocenters. The monoisotopic (exact) mass is 335 g/mol. The zero-order valence-electron chi connectivity index (χ0n) is 12.9. The summed E-state index contributed by atoms with van der Waals surface area (Å²) in [5, 5.41) is 12.5. The highest BCUT2D eigenvalue weighted by Crippen LogP contribution is 2.21. The molecule has 8 nitrogen and oxygen atoms in total. The number of likely N-dealkylation sites (N-methyl/N-ethyl adjacent to an activating group) is 1. The topological polar surface area (TPSA) is 90.2 Å². The fourth-order valence-corrected chi connectivity index (χ4v) is 2.66. The molecule has 0 aliphatic heterocycles. The minimum Gasteiger partial charge on any atom is -0.451 e. The van der Waals surface area contributed by atoms with Crippen LogP contribution >= 0.6 is 11.3 Å². The maximum absolute atomic E-state index is 12.2. The molecule has 0 unspecified atom stereocenters. The molecule has 2 heterocycles. The predicted molar refractivity (Wildman–Crippen MR) is 84.4 cm³/mol. The first-order chi connectivity index (χ1) is 11.0. The van der Waals surface area contributed by atoms with E-state index in [1.54, 1.807) is 16.3 Å². The SMILES string of the molecule is C=C(C)CN(CC)C(=O)COC(=O)c1sccc1-n1cnnn1. The largest absolute Gasteiger partial charge is 0.451 e. The van der Waals surface area contributed by atoms with Gasteiger partial charge in [0.15, 0.2) is 6.61 Å². The molecule has 0 radical (unpaired) electrons. The number of aromatic nitrogens is 4. The smallest absolute Gasteiger partial charge is 0.351 e. The van der Waals surface area contributed by atoms with Gasteiger partial charge in [0.25, 0.3) is 5.91 Å². The third kappa shape index (κ3) is 4.22. The molecule has 0 aliphatic rings. The highest BCUT2D eigenvalue weighted by Gasteiger charge is 2.20. The Hall–Kier alpha value is -2.55. The first kappa shape index (κ1) is 16.8. The Bertz CT molecular complexity index is 695. The summed E-state index contributed by atoms with van der Waals surface area (Å²) < 4.78 is 6.49. The molecule has 0 N–H and O–H groups in total. The maximum atomic E-state index is 12.2. The number of esters is 1. The van der Waals surface area contributed by atoms with Crippen LogP contribution in [0.4, 0.5) is 0 Å². The molecule has 0 aromatic carbocycles. The molecular formula is C14H17N5O3S. The highest BCUT2D eigenvalue weighted by atomic mass is 32.1. The van der Waals surface area contributed by atoms with Crippen LogP contribution < -0.4 is 0 Å². The van der Waals surface area contributed by atoms with Crippen molar-refractivity contribution in [1.82, 2.24) is 25.1 Å². The summed E-state index contributed by atoms with van der Waals surface area (Å²) in [7, 11) is 0. The second-order valence-corrected chi connectivity index (χ2v) is 5.75. The Labute approximate surface area is 137 Å². The van der Waals surface area contributed by atoms with Crippen molar-refractivity contribution in [2.75, 3.05) is 19.7 Å². The Morgan fingerprint density at radius 1 is 1.48 bits per heavy atom. The zero-order valence-corrected chi connectivity index (χ0v) is 13.7. The van der Waals surface area contributed by atoms with Gasteiger partial charge in [-0.1, -0.05) is 12.2 Å². The standard InChI is InChI=1S/C14H17N5O3S/c1-4-18(7-10(2)3)12(20)8-22-14(21)13-11(5-6-23-13)19-9-15-16-17-19/h5-6,9H,2,4,7-8H2,1,3H3. The Morgan fingerprint density at radius 2 is 2.26 bits per heavy atom. The van der Waals surface area contributed by atoms with Gasteiger partial charge in [0.2, 0.25) is 0 Å². The lowest BCUT2D eigenvalue weighted by Gasteiger charge is -2.20. The number of ether oxygens (including phenoxy) is 1. The van der Waals surface area contributed by atoms with Gasteiger partial charge in [0, 0.05) is 13.1 Å². The van der Waals surface area contributed by atoms with Crippen molar-refractivity contribution in [1.29, 1.82) is 0 Å². The van der Waals surface area contributed by atoms with Gasteiger partial charge in [0.05, 0.1) is 5.69 Å². The van der Waals surface area contributed by atoms with E-state index in [1.807, 2.05) is 13.8 Å². The molecule has 0 spiro atoms. The molecule has 23 heavy (non-hydrogen) atoms. The van der Waals surface area contributed by atoms with Crippen molar-refractivity contribution in [2.45, 2.75) is 13.8 Å². The molecule has 2 rings (SSSR count). The lowest BCUT2D eigenvalue weighted by Crippen LogP contribution is -2.35. The van der Waals surface area contributed by atoms with E-state index in [0.29, 0.717) is 23.7 Å². The van der Waals surface area contributed by atoms with Gasteiger partial charge in [-0.2, -0.15) is 4.68 Å². The van der Waals surface area contributed by atoms with E-state index in [1.165, 1.54) is 22.3 Å². The summed E-state index contributed by atoms with van der Waals surface area (Å²) in [5.41, 5.74) is 1.39. The van der Waals surface area contributed by atoms with Gasteiger partial charge in [-0.25, -0.2) is 4.79 Å². The Kier molecular flexibility index (Phi) is 5.58. The summed E-state index contributed by atoms with van der Waals surface area (Å²) in [6.07, 6.45) is 1.38. The van der Waals surface area contributed by atoms with Crippen LogP contribution in [0.3, 0.4) is 0 Å². The van der Waals surface area contributed by atoms with Crippen molar-refractivity contribution in [3.63, 3.8) is 0 Å². The second kappa shape index (κ2) is 7.63. The van der Waals surface area contributed by atoms with E-state index in [9.17, 15) is 9.59 Å². The average Bonchev–Trinajstić information content (AvgIpc) is 3.19. The normalized spacial score (nSPS) is 10.3. The van der Waals surface area contributed by atoms with Crippen molar-refractivity contribution in [3.8, 4) is 5.69 Å². The molecule has 0 aliphatic carbocycles. The van der Waals surface area contributed by atoms with Crippen LogP contribution in [0.25, 0.3) is 5.69 Å². The number of amides is 1. The molecule has 0 bridgehead atoms. The number of hydrogen-bond donors (Lipinski definition) is 0. The fraction of sp³-hybridized carbons (Fsp3) is 0.357. The summed E-state index contributed by atoms with van der Waals surface area (Å²) in [6, 6.07) is 1.71. The summed E-state index contributed by atoms with van der Waals surface area (Å²) in [6.45, 7) is 8.14. The van der Waals surface area contributed by atoms with E-state index in [0.717, 1.165) is 5.57 Å². The summed E-state index contributed by atoms with van der Waals surface area (Å²) >= 11 is 1.20. The van der Waals surface area contributed by atoms with Crippen LogP contribution in [0.15, 0.2) is 29.9 Å². The number of tetrazole rings is 1. The van der Waals surface area contributed by atoms with Crippen LogP contribution in [0, 0.1) is 0 Å². The number of nitrogens with zero attached hydrogens (tertiary/aromatic N) is 5. The zero-order chi connectivity index (χ0) is 16.8. The van der Waals surface area contributed by atoms with Crippen molar-refractivity contribution < 1.29 is 14.3 Å². The lowest BCUT2D eigenvalue weighted by atomic mass is 10.3. The molecule has 122 valence electrons. The maximum Gasteiger partial charge on any atom is 0.351 e. The number of rotatable bonds is 7. The Balaban J connectivity index is 1.99. The molecule has 0 saturated heterocycles. The lowest BCUT2D eigenvalue weighted by molar-refractivity contribution is -0.133. The fourth-order valence-electron chi connectivity index (χ4n) is 1.89. The quantitative estimate of drug-likeness (QED) is 0.560. The van der Waals surface area contributed by atoms with Gasteiger partial charge in [0.1, 0.15) is 11.2 Å². The minimum atomic E-state index is -0.578. The Morgan fingerprint density at radius 3 is 2.87 bits per heavy atom. The third-order valence-electron chi connectivity index (χ3n) is 2.95. The summed E-state index contributed by atoms with van der Waals surface area (Å²) in [5.74, 6) is -0.838. The van der Waals surface area contributed by atoms with Crippen LogP contribution in [0.2, 0.25) is 0 Å². The van der Waals surface area contributed by atoms with Gasteiger partial charge < -0.3 is 9.64 Å². The van der Waals surface area contributed by atoms with E-state index >= 15 is 0 Å². The van der Waals surface area contributed by atoms with Crippen LogP contribution in [0.1, 0.15) is 23.5 Å². The van der Waals surface area contributed by atoms with E-state index in [4.69, 9.17) is 4.74 Å². The van der Waals surface area contributed by atoms with E-state index in [-0.39, 0.29) is 12.5 Å². The highest BCUT2D eigenvalue weighted by molar-refractivity contribution is 7.12. The number of hydrogen-bond acceptors (Lipinski definition) is 7. The molecule has 2 aromatic rings. The molecule has 0 fully saturated rings. The van der Waals surface area contributed by atoms with E-state index in [2.05, 4.69) is 22.1 Å². The van der Waals surface area contributed by atoms with Crippen molar-refractivity contribution in [3.05, 3.63) is 34.8 Å². The van der Waals surface area contributed by atoms with Crippen molar-refractivity contribution in [2.24, 2.45) is 0 Å². The van der Waals surface area contributed by atoms with Gasteiger partial charge >= 0.3 is 5.97 Å². The van der Waals surface area contributed by atoms with Gasteiger partial charge in [-0.15, -0.1) is 16.4 Å². The van der Waals surface area contributed by atoms with Crippen LogP contribution in [0.5, 0.6) is 0 Å². The van der Waals surface area contributed by atoms with Crippen molar-refractivity contribution >= 4 is 23.2 Å². The van der Waals surface area contributed by atoms with Crippen LogP contribution in [-0.2, 0) is 9.53 Å². The first-order valence-electron chi connectivity index (χ1n) is 6.93. The van der Waals surface area contributed by atoms with Gasteiger partial charge in [-0.05, 0) is 35.7 Å². The molecular weight excluding hydrogens is 318 g/mol. The predicted octanol–water partition coefficient (Wildman–Crippen LogP) is 1.31. The number of carbonyl (C=O) groups excluding carboxylic acids is 2. The number of thiophene rings is 1. The molecule has 9 heteroatoms. The second-order valence-electron chi connectivity index (χ2n) is 4.83. The van der Waals surface area contributed by atoms with E-state index < -0.39 is 5.97 Å². The molecule has 1 amide bonds. The average molecular weight is 335 g/mol.